The summed E-state index contributed by atoms with van der Waals surface area (Å²) in [6.07, 6.45) is 1.76. The quantitative estimate of drug-likeness (QED) is 0.852. The van der Waals surface area contributed by atoms with Gasteiger partial charge in [0.15, 0.2) is 0 Å². The van der Waals surface area contributed by atoms with Crippen LogP contribution in [0, 0.1) is 0 Å². The Hall–Kier alpha value is -0.590. The minimum Gasteiger partial charge on any atom is -0.495 e. The number of aliphatic hydroxyl groups is 1. The molecule has 1 unspecified atom stereocenters. The summed E-state index contributed by atoms with van der Waals surface area (Å²) in [6.45, 7) is 1.09. The van der Waals surface area contributed by atoms with Crippen LogP contribution in [0.4, 0.5) is 0 Å². The third-order valence-corrected chi connectivity index (χ3v) is 3.57. The molecule has 1 aromatic rings. The fourth-order valence-corrected chi connectivity index (χ4v) is 2.05. The van der Waals surface area contributed by atoms with Gasteiger partial charge in [-0.1, -0.05) is 30.3 Å². The van der Waals surface area contributed by atoms with Gasteiger partial charge < -0.3 is 14.6 Å². The molecule has 0 aliphatic carbocycles. The second kappa shape index (κ2) is 6.37. The van der Waals surface area contributed by atoms with Gasteiger partial charge in [0.2, 0.25) is 0 Å². The van der Waals surface area contributed by atoms with Gasteiger partial charge in [-0.25, -0.2) is 0 Å². The smallest absolute Gasteiger partial charge is 0.124 e. The van der Waals surface area contributed by atoms with Crippen LogP contribution >= 0.6 is 22.6 Å². The van der Waals surface area contributed by atoms with E-state index in [0.29, 0.717) is 19.6 Å². The molecule has 1 N–H and O–H groups in total. The van der Waals surface area contributed by atoms with Crippen molar-refractivity contribution in [3.63, 3.8) is 0 Å². The number of benzene rings is 1. The standard InChI is InChI=1S/C13H15IO3/c14-12-9-17-11(6-13(12)15)8-16-7-10-4-2-1-3-5-10/h1-5,9,11,13,15H,6-8H2/t11?,13-/m1/s1. The molecule has 4 heteroatoms. The Bertz CT molecular complexity index is 378. The molecule has 0 radical (unpaired) electrons. The number of aliphatic hydroxyl groups excluding tert-OH is 1. The van der Waals surface area contributed by atoms with Crippen LogP contribution in [0.5, 0.6) is 0 Å². The first-order chi connectivity index (χ1) is 8.25. The monoisotopic (exact) mass is 346 g/mol. The van der Waals surface area contributed by atoms with Gasteiger partial charge in [0.25, 0.3) is 0 Å². The largest absolute Gasteiger partial charge is 0.495 e. The molecule has 17 heavy (non-hydrogen) atoms. The van der Waals surface area contributed by atoms with E-state index in [1.807, 2.05) is 30.3 Å². The summed E-state index contributed by atoms with van der Waals surface area (Å²) in [6, 6.07) is 10.0. The highest BCUT2D eigenvalue weighted by Gasteiger charge is 2.22. The van der Waals surface area contributed by atoms with Crippen LogP contribution in [0.15, 0.2) is 40.2 Å². The lowest BCUT2D eigenvalue weighted by Gasteiger charge is -2.24. The molecule has 0 spiro atoms. The Morgan fingerprint density at radius 2 is 2.12 bits per heavy atom. The minimum atomic E-state index is -0.408. The zero-order chi connectivity index (χ0) is 12.1. The van der Waals surface area contributed by atoms with Crippen LogP contribution in [-0.2, 0) is 16.1 Å². The molecule has 1 heterocycles. The Labute approximate surface area is 115 Å². The molecule has 0 aromatic heterocycles. The van der Waals surface area contributed by atoms with E-state index in [2.05, 4.69) is 22.6 Å². The SMILES string of the molecule is O[C@@H]1CC(COCc2ccccc2)OC=C1I. The molecule has 1 aromatic carbocycles. The van der Waals surface area contributed by atoms with Gasteiger partial charge in [-0.05, 0) is 28.2 Å². The molecule has 2 rings (SSSR count). The van der Waals surface area contributed by atoms with Crippen molar-refractivity contribution >= 4 is 22.6 Å². The van der Waals surface area contributed by atoms with Crippen LogP contribution in [0.2, 0.25) is 0 Å². The maximum atomic E-state index is 9.65. The first-order valence-electron chi connectivity index (χ1n) is 5.56. The highest BCUT2D eigenvalue weighted by molar-refractivity contribution is 14.1. The van der Waals surface area contributed by atoms with E-state index < -0.39 is 6.10 Å². The Balaban J connectivity index is 1.73. The first kappa shape index (κ1) is 12.9. The molecule has 0 bridgehead atoms. The molecule has 1 aliphatic rings. The summed E-state index contributed by atoms with van der Waals surface area (Å²) in [5, 5.41) is 9.65. The maximum Gasteiger partial charge on any atom is 0.124 e. The molecule has 0 saturated heterocycles. The van der Waals surface area contributed by atoms with Gasteiger partial charge in [-0.15, -0.1) is 0 Å². The fraction of sp³-hybridized carbons (Fsp3) is 0.385. The molecule has 2 atom stereocenters. The minimum absolute atomic E-state index is 0.0489. The van der Waals surface area contributed by atoms with E-state index in [9.17, 15) is 5.11 Å². The predicted molar refractivity (Wildman–Crippen MR) is 73.7 cm³/mol. The van der Waals surface area contributed by atoms with Crippen LogP contribution in [-0.4, -0.2) is 23.9 Å². The van der Waals surface area contributed by atoms with E-state index in [1.165, 1.54) is 0 Å². The third kappa shape index (κ3) is 3.97. The maximum absolute atomic E-state index is 9.65. The van der Waals surface area contributed by atoms with Gasteiger partial charge in [0.05, 0.1) is 29.2 Å². The zero-order valence-corrected chi connectivity index (χ0v) is 11.5. The van der Waals surface area contributed by atoms with Crippen molar-refractivity contribution in [2.24, 2.45) is 0 Å². The molecule has 3 nitrogen and oxygen atoms in total. The number of halogens is 1. The summed E-state index contributed by atoms with van der Waals surface area (Å²) in [7, 11) is 0. The number of rotatable bonds is 4. The van der Waals surface area contributed by atoms with E-state index >= 15 is 0 Å². The van der Waals surface area contributed by atoms with Gasteiger partial charge in [-0.2, -0.15) is 0 Å². The zero-order valence-electron chi connectivity index (χ0n) is 9.38. The fourth-order valence-electron chi connectivity index (χ4n) is 1.65. The van der Waals surface area contributed by atoms with Crippen molar-refractivity contribution in [1.29, 1.82) is 0 Å². The van der Waals surface area contributed by atoms with E-state index in [4.69, 9.17) is 9.47 Å². The second-order valence-corrected chi connectivity index (χ2v) is 5.26. The van der Waals surface area contributed by atoms with Crippen molar-refractivity contribution in [2.75, 3.05) is 6.61 Å². The van der Waals surface area contributed by atoms with E-state index in [1.54, 1.807) is 6.26 Å². The predicted octanol–water partition coefficient (Wildman–Crippen LogP) is 2.63. The van der Waals surface area contributed by atoms with Crippen molar-refractivity contribution < 1.29 is 14.6 Å². The lowest BCUT2D eigenvalue weighted by molar-refractivity contribution is -0.0117. The van der Waals surface area contributed by atoms with Crippen molar-refractivity contribution in [2.45, 2.75) is 25.2 Å². The summed E-state index contributed by atoms with van der Waals surface area (Å²) >= 11 is 2.09. The molecule has 0 amide bonds. The topological polar surface area (TPSA) is 38.7 Å². The molecule has 0 saturated carbocycles. The van der Waals surface area contributed by atoms with Crippen molar-refractivity contribution in [1.82, 2.24) is 0 Å². The molecular formula is C13H15IO3. The number of hydrogen-bond donors (Lipinski definition) is 1. The number of ether oxygens (including phenoxy) is 2. The molecule has 92 valence electrons. The normalized spacial score (nSPS) is 24.0. The molecular weight excluding hydrogens is 331 g/mol. The van der Waals surface area contributed by atoms with Crippen molar-refractivity contribution in [3.8, 4) is 0 Å². The average Bonchev–Trinajstić information content (AvgIpc) is 2.35. The lowest BCUT2D eigenvalue weighted by atomic mass is 10.1. The Kier molecular flexibility index (Phi) is 4.82. The molecule has 0 fully saturated rings. The summed E-state index contributed by atoms with van der Waals surface area (Å²) in [4.78, 5) is 0. The first-order valence-corrected chi connectivity index (χ1v) is 6.64. The number of hydrogen-bond acceptors (Lipinski definition) is 3. The van der Waals surface area contributed by atoms with Crippen LogP contribution in [0.25, 0.3) is 0 Å². The van der Waals surface area contributed by atoms with Crippen LogP contribution < -0.4 is 0 Å². The highest BCUT2D eigenvalue weighted by Crippen LogP contribution is 2.23. The molecule has 1 aliphatic heterocycles. The summed E-state index contributed by atoms with van der Waals surface area (Å²) < 4.78 is 11.9. The van der Waals surface area contributed by atoms with Crippen LogP contribution in [0.3, 0.4) is 0 Å². The van der Waals surface area contributed by atoms with Crippen molar-refractivity contribution in [3.05, 3.63) is 45.7 Å². The van der Waals surface area contributed by atoms with Gasteiger partial charge >= 0.3 is 0 Å². The van der Waals surface area contributed by atoms with Gasteiger partial charge in [-0.3, -0.25) is 0 Å². The highest BCUT2D eigenvalue weighted by atomic mass is 127. The van der Waals surface area contributed by atoms with Gasteiger partial charge in [0.1, 0.15) is 6.10 Å². The third-order valence-electron chi connectivity index (χ3n) is 2.59. The average molecular weight is 346 g/mol. The van der Waals surface area contributed by atoms with E-state index in [0.717, 1.165) is 9.14 Å². The Morgan fingerprint density at radius 1 is 1.35 bits per heavy atom. The summed E-state index contributed by atoms with van der Waals surface area (Å²) in [5.74, 6) is 0. The van der Waals surface area contributed by atoms with Gasteiger partial charge in [0, 0.05) is 6.42 Å². The van der Waals surface area contributed by atoms with Crippen LogP contribution in [0.1, 0.15) is 12.0 Å². The second-order valence-electron chi connectivity index (χ2n) is 4.01. The Morgan fingerprint density at radius 3 is 2.82 bits per heavy atom. The summed E-state index contributed by atoms with van der Waals surface area (Å²) in [5.41, 5.74) is 1.15. The lowest BCUT2D eigenvalue weighted by Crippen LogP contribution is -2.28. The van der Waals surface area contributed by atoms with E-state index in [-0.39, 0.29) is 6.10 Å².